The molecule has 114 valence electrons. The van der Waals surface area contributed by atoms with Crippen molar-refractivity contribution >= 4 is 9.84 Å². The first-order chi connectivity index (χ1) is 9.10. The molecule has 0 bridgehead atoms. The van der Waals surface area contributed by atoms with Crippen molar-refractivity contribution in [1.29, 1.82) is 0 Å². The molecule has 4 heteroatoms. The van der Waals surface area contributed by atoms with Gasteiger partial charge in [-0.05, 0) is 74.5 Å². The summed E-state index contributed by atoms with van der Waals surface area (Å²) in [7, 11) is -3.03. The van der Waals surface area contributed by atoms with E-state index in [4.69, 9.17) is 0 Å². The smallest absolute Gasteiger partial charge is 0.149 e. The lowest BCUT2D eigenvalue weighted by Crippen LogP contribution is -2.29. The van der Waals surface area contributed by atoms with Crippen molar-refractivity contribution in [3.8, 4) is 0 Å². The summed E-state index contributed by atoms with van der Waals surface area (Å²) in [5, 5.41) is 3.33. The Morgan fingerprint density at radius 3 is 1.65 bits per heavy atom. The van der Waals surface area contributed by atoms with Crippen LogP contribution in [0.15, 0.2) is 0 Å². The molecular weight excluding hydrogens is 270 g/mol. The monoisotopic (exact) mass is 297 g/mol. The fourth-order valence-electron chi connectivity index (χ4n) is 2.85. The van der Waals surface area contributed by atoms with Gasteiger partial charge in [0.05, 0.1) is 5.75 Å². The Kier molecular flexibility index (Phi) is 5.39. The van der Waals surface area contributed by atoms with Gasteiger partial charge in [0.2, 0.25) is 0 Å². The highest BCUT2D eigenvalue weighted by Crippen LogP contribution is 2.31. The summed E-state index contributed by atoms with van der Waals surface area (Å²) in [6, 6.07) is -0.131. The number of benzene rings is 1. The van der Waals surface area contributed by atoms with Gasteiger partial charge in [0, 0.05) is 12.3 Å². The summed E-state index contributed by atoms with van der Waals surface area (Å²) in [6.45, 7) is 13.3. The topological polar surface area (TPSA) is 46.2 Å². The zero-order chi connectivity index (χ0) is 15.7. The predicted molar refractivity (Wildman–Crippen MR) is 86.3 cm³/mol. The molecule has 0 aliphatic rings. The number of nitrogens with one attached hydrogen (secondary N) is 1. The molecule has 20 heavy (non-hydrogen) atoms. The van der Waals surface area contributed by atoms with Crippen LogP contribution in [0.5, 0.6) is 0 Å². The molecule has 3 nitrogen and oxygen atoms in total. The second-order valence-corrected chi connectivity index (χ2v) is 7.93. The van der Waals surface area contributed by atoms with Crippen LogP contribution in [0.2, 0.25) is 0 Å². The third-order valence-electron chi connectivity index (χ3n) is 4.33. The number of hydrogen-bond donors (Lipinski definition) is 1. The van der Waals surface area contributed by atoms with E-state index in [-0.39, 0.29) is 11.8 Å². The van der Waals surface area contributed by atoms with Gasteiger partial charge >= 0.3 is 0 Å². The van der Waals surface area contributed by atoms with E-state index >= 15 is 0 Å². The van der Waals surface area contributed by atoms with Gasteiger partial charge < -0.3 is 5.32 Å². The summed E-state index contributed by atoms with van der Waals surface area (Å²) < 4.78 is 23.4. The van der Waals surface area contributed by atoms with Crippen molar-refractivity contribution in [1.82, 2.24) is 5.32 Å². The molecule has 1 unspecified atom stereocenters. The van der Waals surface area contributed by atoms with Crippen molar-refractivity contribution in [3.05, 3.63) is 33.4 Å². The minimum absolute atomic E-state index is 0.131. The van der Waals surface area contributed by atoms with Crippen LogP contribution < -0.4 is 5.32 Å². The van der Waals surface area contributed by atoms with Crippen LogP contribution in [0.4, 0.5) is 0 Å². The average Bonchev–Trinajstić information content (AvgIpc) is 2.32. The standard InChI is InChI=1S/C16H27NO2S/c1-8-17-15(9-20(7,18)19)16-13(5)11(3)10(2)12(4)14(16)6/h15,17H,8-9H2,1-7H3. The third-order valence-corrected chi connectivity index (χ3v) is 5.27. The maximum absolute atomic E-state index is 11.7. The Morgan fingerprint density at radius 2 is 1.30 bits per heavy atom. The quantitative estimate of drug-likeness (QED) is 0.909. The van der Waals surface area contributed by atoms with Crippen LogP contribution in [-0.2, 0) is 9.84 Å². The van der Waals surface area contributed by atoms with Crippen molar-refractivity contribution in [2.24, 2.45) is 0 Å². The predicted octanol–water partition coefficient (Wildman–Crippen LogP) is 2.92. The SMILES string of the molecule is CCNC(CS(C)(=O)=O)c1c(C)c(C)c(C)c(C)c1C. The minimum Gasteiger partial charge on any atom is -0.309 e. The van der Waals surface area contributed by atoms with E-state index in [2.05, 4.69) is 39.9 Å². The molecule has 1 rings (SSSR count). The van der Waals surface area contributed by atoms with Crippen molar-refractivity contribution < 1.29 is 8.42 Å². The largest absolute Gasteiger partial charge is 0.309 e. The Bertz CT molecular complexity index is 574. The van der Waals surface area contributed by atoms with E-state index in [0.29, 0.717) is 0 Å². The molecule has 0 amide bonds. The van der Waals surface area contributed by atoms with E-state index in [0.717, 1.165) is 12.1 Å². The average molecular weight is 297 g/mol. The molecule has 0 fully saturated rings. The Morgan fingerprint density at radius 1 is 0.900 bits per heavy atom. The molecule has 0 saturated heterocycles. The van der Waals surface area contributed by atoms with E-state index in [1.807, 2.05) is 6.92 Å². The number of sulfone groups is 1. The zero-order valence-corrected chi connectivity index (χ0v) is 14.5. The van der Waals surface area contributed by atoms with Gasteiger partial charge in [-0.3, -0.25) is 0 Å². The van der Waals surface area contributed by atoms with Crippen LogP contribution in [0.3, 0.4) is 0 Å². The van der Waals surface area contributed by atoms with Gasteiger partial charge in [0.1, 0.15) is 9.84 Å². The van der Waals surface area contributed by atoms with Crippen LogP contribution >= 0.6 is 0 Å². The van der Waals surface area contributed by atoms with Crippen LogP contribution in [0.1, 0.15) is 46.3 Å². The molecule has 0 saturated carbocycles. The van der Waals surface area contributed by atoms with E-state index in [1.165, 1.54) is 34.1 Å². The minimum atomic E-state index is -3.03. The lowest BCUT2D eigenvalue weighted by molar-refractivity contribution is 0.560. The highest BCUT2D eigenvalue weighted by atomic mass is 32.2. The second kappa shape index (κ2) is 6.27. The van der Waals surface area contributed by atoms with Crippen molar-refractivity contribution in [3.63, 3.8) is 0 Å². The lowest BCUT2D eigenvalue weighted by Gasteiger charge is -2.26. The van der Waals surface area contributed by atoms with Crippen molar-refractivity contribution in [2.75, 3.05) is 18.6 Å². The normalized spacial score (nSPS) is 13.6. The summed E-state index contributed by atoms with van der Waals surface area (Å²) >= 11 is 0. The molecule has 0 aliphatic heterocycles. The van der Waals surface area contributed by atoms with Crippen molar-refractivity contribution in [2.45, 2.75) is 47.6 Å². The molecule has 0 heterocycles. The lowest BCUT2D eigenvalue weighted by atomic mass is 9.86. The van der Waals surface area contributed by atoms with E-state index in [1.54, 1.807) is 0 Å². The summed E-state index contributed by atoms with van der Waals surface area (Å²) in [5.41, 5.74) is 7.40. The Hall–Kier alpha value is -0.870. The zero-order valence-electron chi connectivity index (χ0n) is 13.7. The first kappa shape index (κ1) is 17.2. The number of hydrogen-bond acceptors (Lipinski definition) is 3. The summed E-state index contributed by atoms with van der Waals surface area (Å²) in [6.07, 6.45) is 1.30. The summed E-state index contributed by atoms with van der Waals surface area (Å²) in [4.78, 5) is 0. The number of rotatable bonds is 5. The fraction of sp³-hybridized carbons (Fsp3) is 0.625. The van der Waals surface area contributed by atoms with E-state index in [9.17, 15) is 8.42 Å². The second-order valence-electron chi connectivity index (χ2n) is 5.74. The first-order valence-corrected chi connectivity index (χ1v) is 9.14. The highest BCUT2D eigenvalue weighted by Gasteiger charge is 2.23. The van der Waals surface area contributed by atoms with Crippen LogP contribution in [-0.4, -0.2) is 27.0 Å². The van der Waals surface area contributed by atoms with Crippen LogP contribution in [0, 0.1) is 34.6 Å². The molecule has 1 N–H and O–H groups in total. The molecule has 0 aromatic heterocycles. The highest BCUT2D eigenvalue weighted by molar-refractivity contribution is 7.90. The van der Waals surface area contributed by atoms with Gasteiger partial charge in [0.25, 0.3) is 0 Å². The molecule has 0 spiro atoms. The van der Waals surface area contributed by atoms with Gasteiger partial charge in [0.15, 0.2) is 0 Å². The van der Waals surface area contributed by atoms with Crippen LogP contribution in [0.25, 0.3) is 0 Å². The Labute approximate surface area is 123 Å². The molecule has 1 aromatic carbocycles. The molecule has 1 aromatic rings. The Balaban J connectivity index is 3.48. The third kappa shape index (κ3) is 3.61. The molecule has 0 aliphatic carbocycles. The fourth-order valence-corrected chi connectivity index (χ4v) is 3.74. The summed E-state index contributed by atoms with van der Waals surface area (Å²) in [5.74, 6) is 0.143. The van der Waals surface area contributed by atoms with Gasteiger partial charge in [-0.2, -0.15) is 0 Å². The maximum Gasteiger partial charge on any atom is 0.149 e. The van der Waals surface area contributed by atoms with Gasteiger partial charge in [-0.1, -0.05) is 6.92 Å². The molecule has 0 radical (unpaired) electrons. The van der Waals surface area contributed by atoms with Gasteiger partial charge in [-0.15, -0.1) is 0 Å². The first-order valence-electron chi connectivity index (χ1n) is 7.08. The molecule has 1 atom stereocenters. The van der Waals surface area contributed by atoms with E-state index < -0.39 is 9.84 Å². The maximum atomic E-state index is 11.7. The molecular formula is C16H27NO2S. The van der Waals surface area contributed by atoms with Gasteiger partial charge in [-0.25, -0.2) is 8.42 Å².